The van der Waals surface area contributed by atoms with Crippen LogP contribution in [0.15, 0.2) is 23.4 Å². The number of nitrogens with two attached hydrogens (primary N) is 1. The zero-order valence-corrected chi connectivity index (χ0v) is 29.9. The van der Waals surface area contributed by atoms with E-state index >= 15 is 0 Å². The number of anilines is 1. The Morgan fingerprint density at radius 2 is 1.61 bits per heavy atom. The number of rotatable bonds is 21. The molecule has 0 spiro atoms. The molecule has 1 saturated heterocycles. The molecule has 0 bridgehead atoms. The third kappa shape index (κ3) is 8.29. The molecular formula is C23H34N4O18P2S2. The Morgan fingerprint density at radius 1 is 1.04 bits per heavy atom. The molecule has 49 heavy (non-hydrogen) atoms. The van der Waals surface area contributed by atoms with Gasteiger partial charge in [-0.25, -0.2) is 29.1 Å². The summed E-state index contributed by atoms with van der Waals surface area (Å²) >= 11 is 2.15. The van der Waals surface area contributed by atoms with Gasteiger partial charge in [-0.2, -0.15) is 0 Å². The molecule has 3 rings (SSSR count). The van der Waals surface area contributed by atoms with Crippen molar-refractivity contribution in [3.8, 4) is 0 Å². The highest BCUT2D eigenvalue weighted by atomic mass is 32.2. The lowest BCUT2D eigenvalue weighted by molar-refractivity contribution is -0.264. The summed E-state index contributed by atoms with van der Waals surface area (Å²) in [4.78, 5) is 68.4. The summed E-state index contributed by atoms with van der Waals surface area (Å²) in [5.41, 5.74) is 2.82. The summed E-state index contributed by atoms with van der Waals surface area (Å²) < 4.78 is 55.5. The second kappa shape index (κ2) is 17.0. The molecular weight excluding hydrogens is 746 g/mol. The van der Waals surface area contributed by atoms with Crippen molar-refractivity contribution >= 4 is 67.2 Å². The lowest BCUT2D eigenvalue weighted by Gasteiger charge is -2.55. The van der Waals surface area contributed by atoms with Gasteiger partial charge in [0.05, 0.1) is 39.9 Å². The minimum absolute atomic E-state index is 0.0364. The average molecular weight is 781 g/mol. The van der Waals surface area contributed by atoms with E-state index in [9.17, 15) is 38.5 Å². The second-order valence-electron chi connectivity index (χ2n) is 9.55. The van der Waals surface area contributed by atoms with Crippen LogP contribution in [0.3, 0.4) is 0 Å². The molecule has 6 N–H and O–H groups in total. The highest BCUT2D eigenvalue weighted by Gasteiger charge is 2.68. The van der Waals surface area contributed by atoms with E-state index in [0.717, 1.165) is 56.4 Å². The summed E-state index contributed by atoms with van der Waals surface area (Å²) in [6.45, 7) is -0.748. The Balaban J connectivity index is 1.71. The van der Waals surface area contributed by atoms with Gasteiger partial charge in [0, 0.05) is 36.3 Å². The van der Waals surface area contributed by atoms with Crippen LogP contribution in [0.2, 0.25) is 0 Å². The molecule has 2 aliphatic rings. The number of primary amides is 1. The fraction of sp³-hybridized carbons (Fsp3) is 0.565. The molecule has 0 saturated carbocycles. The van der Waals surface area contributed by atoms with Crippen molar-refractivity contribution in [2.75, 3.05) is 59.8 Å². The summed E-state index contributed by atoms with van der Waals surface area (Å²) in [7, 11) is -5.25. The van der Waals surface area contributed by atoms with E-state index in [1.165, 1.54) is 7.11 Å². The maximum atomic E-state index is 13.4. The molecule has 3 heterocycles. The number of carbonyl (C=O) groups is 4. The van der Waals surface area contributed by atoms with Gasteiger partial charge < -0.3 is 36.1 Å². The minimum Gasteiger partial charge on any atom is -0.477 e. The number of nitrogens with one attached hydrogen (secondary N) is 2. The van der Waals surface area contributed by atoms with Crippen LogP contribution in [-0.4, -0.2) is 110 Å². The predicted octanol–water partition coefficient (Wildman–Crippen LogP) is 1.24. The Hall–Kier alpha value is -2.67. The normalized spacial score (nSPS) is 19.7. The molecule has 0 radical (unpaired) electrons. The van der Waals surface area contributed by atoms with Gasteiger partial charge in [0.2, 0.25) is 5.91 Å². The Kier molecular flexibility index (Phi) is 14.2. The van der Waals surface area contributed by atoms with Crippen molar-refractivity contribution in [1.82, 2.24) is 10.2 Å². The third-order valence-electron chi connectivity index (χ3n) is 6.67. The first kappa shape index (κ1) is 40.8. The van der Waals surface area contributed by atoms with E-state index in [4.69, 9.17) is 15.2 Å². The van der Waals surface area contributed by atoms with Crippen LogP contribution < -0.4 is 16.4 Å². The SMILES string of the molecule is COOP(=O)(OOC)C(O)(CCNc1ccc(CC(=O)N[C@]2(OC)C(=O)N3C(C(=O)O)=C(COC(N)=O)CS[C@H]32)s1)P(=O)(OOC)OOC. The van der Waals surface area contributed by atoms with E-state index in [0.29, 0.717) is 9.88 Å². The number of aliphatic hydroxyl groups is 1. The standard InChI is InChI=1S/C23H34N4O18P2S2/c1-36-23(19(31)27-17(18(29)30)13(11-41-21(24)32)12-48-20(23)27)26-15(28)10-14-6-7-16(49-14)25-9-8-22(33,46(34,42-37-2)43-38-3)47(35,44-39-4)45-40-5/h6-7,20,25,33H,8-12H2,1-5H3,(H2,24,32)(H,26,28)(H,29,30)/t20-,23-/m0/s1. The number of β-lactam (4-membered cyclic amide) rings is 1. The largest absolute Gasteiger partial charge is 0.477 e. The lowest BCUT2D eigenvalue weighted by Crippen LogP contribution is -2.80. The number of carboxylic acid groups (broad SMARTS) is 1. The first-order valence-electron chi connectivity index (χ1n) is 13.5. The fourth-order valence-corrected chi connectivity index (χ4v) is 10.7. The molecule has 26 heteroatoms. The van der Waals surface area contributed by atoms with Gasteiger partial charge in [-0.1, -0.05) is 0 Å². The first-order valence-corrected chi connectivity index (χ1v) is 18.4. The summed E-state index contributed by atoms with van der Waals surface area (Å²) in [5, 5.41) is 22.9. The number of carbonyl (C=O) groups excluding carboxylic acids is 3. The number of nitrogens with zero attached hydrogens (tertiary/aromatic N) is 1. The monoisotopic (exact) mass is 780 g/mol. The quantitative estimate of drug-likeness (QED) is 0.0385. The molecule has 1 fully saturated rings. The van der Waals surface area contributed by atoms with Gasteiger partial charge in [-0.05, 0) is 12.1 Å². The molecule has 1 aromatic rings. The number of methoxy groups -OCH3 is 1. The number of amides is 3. The van der Waals surface area contributed by atoms with Crippen LogP contribution in [0.25, 0.3) is 0 Å². The van der Waals surface area contributed by atoms with E-state index in [2.05, 4.69) is 48.9 Å². The third-order valence-corrected chi connectivity index (χ3v) is 14.1. The maximum Gasteiger partial charge on any atom is 0.428 e. The number of carboxylic acids is 1. The number of aliphatic carboxylic acids is 1. The Labute approximate surface area is 286 Å². The van der Waals surface area contributed by atoms with Crippen molar-refractivity contribution in [1.29, 1.82) is 0 Å². The number of thioether (sulfide) groups is 1. The van der Waals surface area contributed by atoms with Crippen molar-refractivity contribution in [2.45, 2.75) is 29.0 Å². The molecule has 0 aromatic carbocycles. The molecule has 2 aliphatic heterocycles. The van der Waals surface area contributed by atoms with Crippen molar-refractivity contribution in [2.24, 2.45) is 5.73 Å². The number of fused-ring (bicyclic) bond motifs is 1. The van der Waals surface area contributed by atoms with E-state index in [1.807, 2.05) is 0 Å². The summed E-state index contributed by atoms with van der Waals surface area (Å²) in [6, 6.07) is 3.12. The van der Waals surface area contributed by atoms with Crippen LogP contribution in [0.5, 0.6) is 0 Å². The van der Waals surface area contributed by atoms with Gasteiger partial charge in [-0.15, -0.1) is 41.8 Å². The van der Waals surface area contributed by atoms with Crippen LogP contribution in [0, 0.1) is 0 Å². The molecule has 0 unspecified atom stereocenters. The summed E-state index contributed by atoms with van der Waals surface area (Å²) in [6.07, 6.45) is -2.11. The maximum absolute atomic E-state index is 13.4. The molecule has 0 aliphatic carbocycles. The van der Waals surface area contributed by atoms with Gasteiger partial charge in [0.25, 0.3) is 16.7 Å². The Bertz CT molecular complexity index is 1480. The number of thiophene rings is 1. The zero-order valence-electron chi connectivity index (χ0n) is 26.4. The van der Waals surface area contributed by atoms with Crippen molar-refractivity contribution in [3.63, 3.8) is 0 Å². The second-order valence-corrected chi connectivity index (χ2v) is 16.2. The topological polar surface area (TPSA) is 289 Å². The predicted molar refractivity (Wildman–Crippen MR) is 165 cm³/mol. The first-order chi connectivity index (χ1) is 23.1. The Morgan fingerprint density at radius 3 is 2.10 bits per heavy atom. The molecule has 3 amide bonds. The zero-order chi connectivity index (χ0) is 36.6. The molecule has 1 aromatic heterocycles. The highest BCUT2D eigenvalue weighted by molar-refractivity contribution is 8.00. The van der Waals surface area contributed by atoms with Crippen LogP contribution >= 0.6 is 38.3 Å². The smallest absolute Gasteiger partial charge is 0.428 e. The fourth-order valence-electron chi connectivity index (χ4n) is 4.62. The number of hydrogen-bond acceptors (Lipinski definition) is 20. The van der Waals surface area contributed by atoms with Gasteiger partial charge in [-0.3, -0.25) is 23.6 Å². The van der Waals surface area contributed by atoms with Crippen molar-refractivity contribution < 1.29 is 86.2 Å². The van der Waals surface area contributed by atoms with E-state index in [1.54, 1.807) is 12.1 Å². The summed E-state index contributed by atoms with van der Waals surface area (Å²) in [5.74, 6) is -2.91. The van der Waals surface area contributed by atoms with Crippen LogP contribution in [0.1, 0.15) is 11.3 Å². The van der Waals surface area contributed by atoms with Crippen molar-refractivity contribution in [3.05, 3.63) is 28.3 Å². The molecule has 276 valence electrons. The van der Waals surface area contributed by atoms with E-state index < -0.39 is 74.0 Å². The van der Waals surface area contributed by atoms with E-state index in [-0.39, 0.29) is 24.3 Å². The van der Waals surface area contributed by atoms with Gasteiger partial charge in [0.1, 0.15) is 17.7 Å². The van der Waals surface area contributed by atoms with Gasteiger partial charge in [0.15, 0.2) is 0 Å². The van der Waals surface area contributed by atoms with Gasteiger partial charge >= 0.3 is 27.3 Å². The minimum atomic E-state index is -5.07. The van der Waals surface area contributed by atoms with Crippen LogP contribution in [-0.2, 0) is 77.7 Å². The van der Waals surface area contributed by atoms with Crippen LogP contribution in [0.4, 0.5) is 9.80 Å². The lowest BCUT2D eigenvalue weighted by atomic mass is 9.98. The molecule has 2 atom stereocenters. The average Bonchev–Trinajstić information content (AvgIpc) is 3.48. The number of ether oxygens (including phenoxy) is 2. The highest BCUT2D eigenvalue weighted by Crippen LogP contribution is 2.78. The molecule has 22 nitrogen and oxygen atoms in total. The number of hydrogen-bond donors (Lipinski definition) is 5.